The van der Waals surface area contributed by atoms with Gasteiger partial charge < -0.3 is 24.9 Å². The first-order chi connectivity index (χ1) is 19.0. The first kappa shape index (κ1) is 29.9. The van der Waals surface area contributed by atoms with E-state index in [1.807, 2.05) is 13.8 Å². The summed E-state index contributed by atoms with van der Waals surface area (Å²) < 4.78 is 12.0. The van der Waals surface area contributed by atoms with Gasteiger partial charge in [0.1, 0.15) is 27.6 Å². The second kappa shape index (κ2) is 13.0. The number of carboxylic acids is 1. The van der Waals surface area contributed by atoms with Gasteiger partial charge >= 0.3 is 5.97 Å². The fraction of sp³-hybridized carbons (Fsp3) is 0.467. The fourth-order valence-corrected chi connectivity index (χ4v) is 6.74. The minimum absolute atomic E-state index is 0.0882. The Hall–Kier alpha value is -3.11. The average molecular weight is 585 g/mol. The molecule has 2 aliphatic rings. The van der Waals surface area contributed by atoms with E-state index in [0.29, 0.717) is 50.4 Å². The van der Waals surface area contributed by atoms with E-state index in [1.165, 1.54) is 45.1 Å². The predicted octanol–water partition coefficient (Wildman–Crippen LogP) is 5.91. The van der Waals surface area contributed by atoms with Crippen molar-refractivity contribution < 1.29 is 28.6 Å². The molecule has 40 heavy (non-hydrogen) atoms. The molecule has 4 atom stereocenters. The third-order valence-corrected chi connectivity index (χ3v) is 8.83. The lowest BCUT2D eigenvalue weighted by Gasteiger charge is -2.24. The molecule has 0 saturated heterocycles. The van der Waals surface area contributed by atoms with Gasteiger partial charge in [-0.05, 0) is 86.8 Å². The number of nitrogens with one attached hydrogen (secondary N) is 2. The van der Waals surface area contributed by atoms with E-state index in [9.17, 15) is 19.5 Å². The number of aliphatic carboxylic acids is 1. The van der Waals surface area contributed by atoms with Crippen LogP contribution in [0.3, 0.4) is 0 Å². The number of Topliss-reactive ketones (excluding diaryl/α,β-unsaturated/α-hetero) is 1. The van der Waals surface area contributed by atoms with Gasteiger partial charge in [0, 0.05) is 11.6 Å². The summed E-state index contributed by atoms with van der Waals surface area (Å²) in [6.07, 6.45) is 6.93. The molecule has 2 bridgehead atoms. The van der Waals surface area contributed by atoms with E-state index in [-0.39, 0.29) is 17.3 Å². The number of fused-ring (bicyclic) bond motifs is 2. The number of carboxylic acid groups (broad SMARTS) is 1. The molecular formula is C30H36N2O6S2. The number of allylic oxidation sites excluding steroid dienone is 1. The first-order valence-corrected chi connectivity index (χ1v) is 14.8. The van der Waals surface area contributed by atoms with Crippen LogP contribution in [-0.2, 0) is 9.59 Å². The van der Waals surface area contributed by atoms with Crippen LogP contribution in [0.1, 0.15) is 69.0 Å². The molecule has 0 radical (unpaired) electrons. The van der Waals surface area contributed by atoms with Crippen LogP contribution >= 0.6 is 24.0 Å². The molecule has 4 rings (SSSR count). The molecule has 3 N–H and O–H groups in total. The van der Waals surface area contributed by atoms with Crippen LogP contribution < -0.4 is 15.4 Å². The zero-order chi connectivity index (χ0) is 29.0. The van der Waals surface area contributed by atoms with Crippen LogP contribution in [0.15, 0.2) is 39.7 Å². The first-order valence-electron chi connectivity index (χ1n) is 13.6. The number of methoxy groups -OCH3 is 1. The lowest BCUT2D eigenvalue weighted by atomic mass is 9.96. The number of carbonyl (C=O) groups excluding carboxylic acids is 2. The van der Waals surface area contributed by atoms with Gasteiger partial charge in [-0.2, -0.15) is 0 Å². The van der Waals surface area contributed by atoms with Gasteiger partial charge in [-0.3, -0.25) is 9.59 Å². The number of amides is 1. The smallest absolute Gasteiger partial charge is 0.326 e. The van der Waals surface area contributed by atoms with Crippen LogP contribution in [0, 0.1) is 17.8 Å². The number of benzene rings is 1. The second-order valence-corrected chi connectivity index (χ2v) is 12.7. The zero-order valence-electron chi connectivity index (χ0n) is 23.2. The number of furan rings is 1. The fourth-order valence-electron chi connectivity index (χ4n) is 5.59. The summed E-state index contributed by atoms with van der Waals surface area (Å²) >= 11 is 6.82. The molecule has 10 heteroatoms. The Labute approximate surface area is 244 Å². The standard InChI is InChI=1S/C30H36N2O6S2/c1-16(2)11-24(29(35)36)31-28(34)22-14-20(7-9-26(22)37-4)25-10-8-21(38-25)15-27(17(3)33)40-30(39)32-23-13-18-5-6-19(23)12-18/h7-10,14-16,18-19,23-24H,5-6,11-13H2,1-4H3,(H,31,34)(H,32,39)(H,35,36)/b27-15-/t18?,19?,23?,24-/m0/s1. The topological polar surface area (TPSA) is 118 Å². The molecule has 3 unspecified atom stereocenters. The summed E-state index contributed by atoms with van der Waals surface area (Å²) in [7, 11) is 1.45. The number of ketones is 1. The molecule has 214 valence electrons. The maximum absolute atomic E-state index is 13.0. The zero-order valence-corrected chi connectivity index (χ0v) is 24.8. The summed E-state index contributed by atoms with van der Waals surface area (Å²) in [6, 6.07) is 7.86. The summed E-state index contributed by atoms with van der Waals surface area (Å²) in [5, 5.41) is 15.6. The summed E-state index contributed by atoms with van der Waals surface area (Å²) in [6.45, 7) is 5.29. The van der Waals surface area contributed by atoms with E-state index in [4.69, 9.17) is 21.4 Å². The van der Waals surface area contributed by atoms with E-state index < -0.39 is 17.9 Å². The number of ether oxygens (including phenoxy) is 1. The molecule has 0 spiro atoms. The lowest BCUT2D eigenvalue weighted by Crippen LogP contribution is -2.41. The minimum Gasteiger partial charge on any atom is -0.496 e. The van der Waals surface area contributed by atoms with E-state index >= 15 is 0 Å². The van der Waals surface area contributed by atoms with Crippen molar-refractivity contribution in [1.82, 2.24) is 10.6 Å². The Kier molecular flexibility index (Phi) is 9.73. The Balaban J connectivity index is 1.49. The van der Waals surface area contributed by atoms with Gasteiger partial charge in [0.15, 0.2) is 5.78 Å². The highest BCUT2D eigenvalue weighted by atomic mass is 32.2. The molecule has 1 amide bonds. The number of thiocarbonyl (C=S) groups is 1. The number of rotatable bonds is 11. The van der Waals surface area contributed by atoms with Crippen molar-refractivity contribution in [2.75, 3.05) is 7.11 Å². The lowest BCUT2D eigenvalue weighted by molar-refractivity contribution is -0.139. The van der Waals surface area contributed by atoms with Crippen LogP contribution in [0.25, 0.3) is 17.4 Å². The van der Waals surface area contributed by atoms with Crippen molar-refractivity contribution >= 4 is 52.0 Å². The molecule has 0 aliphatic heterocycles. The van der Waals surface area contributed by atoms with Gasteiger partial charge in [0.2, 0.25) is 0 Å². The summed E-state index contributed by atoms with van der Waals surface area (Å²) in [5.41, 5.74) is 0.798. The summed E-state index contributed by atoms with van der Waals surface area (Å²) in [4.78, 5) is 37.6. The highest BCUT2D eigenvalue weighted by Crippen LogP contribution is 2.44. The Morgan fingerprint density at radius 1 is 1.20 bits per heavy atom. The monoisotopic (exact) mass is 584 g/mol. The number of hydrogen-bond donors (Lipinski definition) is 3. The second-order valence-electron chi connectivity index (χ2n) is 11.0. The van der Waals surface area contributed by atoms with E-state index in [1.54, 1.807) is 36.4 Å². The highest BCUT2D eigenvalue weighted by molar-refractivity contribution is 8.26. The van der Waals surface area contributed by atoms with Crippen molar-refractivity contribution in [3.05, 3.63) is 46.6 Å². The molecule has 2 saturated carbocycles. The SMILES string of the molecule is COc1ccc(-c2ccc(/C=C(\SC(=S)NC3CC4CCC3C4)C(C)=O)o2)cc1C(=O)N[C@@H](CC(C)C)C(=O)O. The minimum atomic E-state index is -1.09. The van der Waals surface area contributed by atoms with Gasteiger partial charge in [-0.1, -0.05) is 44.2 Å². The molecule has 8 nitrogen and oxygen atoms in total. The van der Waals surface area contributed by atoms with Crippen molar-refractivity contribution in [1.29, 1.82) is 0 Å². The Morgan fingerprint density at radius 3 is 2.58 bits per heavy atom. The third-order valence-electron chi connectivity index (χ3n) is 7.53. The van der Waals surface area contributed by atoms with Crippen LogP contribution in [0.5, 0.6) is 5.75 Å². The summed E-state index contributed by atoms with van der Waals surface area (Å²) in [5.74, 6) is 1.06. The van der Waals surface area contributed by atoms with Crippen molar-refractivity contribution in [3.63, 3.8) is 0 Å². The maximum Gasteiger partial charge on any atom is 0.326 e. The van der Waals surface area contributed by atoms with Gasteiger partial charge in [-0.15, -0.1) is 0 Å². The Bertz CT molecular complexity index is 1320. The van der Waals surface area contributed by atoms with Gasteiger partial charge in [0.25, 0.3) is 5.91 Å². The van der Waals surface area contributed by atoms with Gasteiger partial charge in [-0.25, -0.2) is 4.79 Å². The van der Waals surface area contributed by atoms with E-state index in [2.05, 4.69) is 10.6 Å². The molecule has 1 aromatic carbocycles. The number of hydrogen-bond acceptors (Lipinski definition) is 7. The highest BCUT2D eigenvalue weighted by Gasteiger charge is 2.39. The Morgan fingerprint density at radius 2 is 1.98 bits per heavy atom. The number of carbonyl (C=O) groups is 3. The quantitative estimate of drug-likeness (QED) is 0.219. The van der Waals surface area contributed by atoms with Crippen molar-refractivity contribution in [2.45, 2.75) is 65.0 Å². The number of thioether (sulfide) groups is 1. The predicted molar refractivity (Wildman–Crippen MR) is 160 cm³/mol. The largest absolute Gasteiger partial charge is 0.496 e. The van der Waals surface area contributed by atoms with E-state index in [0.717, 1.165) is 12.3 Å². The van der Waals surface area contributed by atoms with Crippen LogP contribution in [0.4, 0.5) is 0 Å². The molecule has 1 aromatic heterocycles. The average Bonchev–Trinajstić information content (AvgIpc) is 3.65. The molecule has 2 aliphatic carbocycles. The molecule has 2 aromatic rings. The third kappa shape index (κ3) is 7.34. The van der Waals surface area contributed by atoms with Crippen molar-refractivity contribution in [3.8, 4) is 17.1 Å². The molecule has 1 heterocycles. The maximum atomic E-state index is 13.0. The molecular weight excluding hydrogens is 548 g/mol. The van der Waals surface area contributed by atoms with Crippen LogP contribution in [0.2, 0.25) is 0 Å². The van der Waals surface area contributed by atoms with Crippen LogP contribution in [-0.4, -0.2) is 46.3 Å². The molecule has 2 fully saturated rings. The van der Waals surface area contributed by atoms with Gasteiger partial charge in [0.05, 0.1) is 17.6 Å². The normalized spacial score (nSPS) is 20.8. The van der Waals surface area contributed by atoms with Crippen molar-refractivity contribution in [2.24, 2.45) is 17.8 Å².